The van der Waals surface area contributed by atoms with E-state index in [0.717, 1.165) is 19.4 Å². The van der Waals surface area contributed by atoms with E-state index in [0.29, 0.717) is 6.04 Å². The third kappa shape index (κ3) is 6.27. The summed E-state index contributed by atoms with van der Waals surface area (Å²) in [7, 11) is 0. The van der Waals surface area contributed by atoms with Crippen molar-refractivity contribution < 1.29 is 27.4 Å². The summed E-state index contributed by atoms with van der Waals surface area (Å²) >= 11 is 0. The van der Waals surface area contributed by atoms with Crippen LogP contribution in [0, 0.1) is 0 Å². The van der Waals surface area contributed by atoms with E-state index < -0.39 is 12.8 Å². The molecule has 0 saturated carbocycles. The van der Waals surface area contributed by atoms with Crippen LogP contribution in [0.2, 0.25) is 0 Å². The van der Waals surface area contributed by atoms with Crippen molar-refractivity contribution in [3.8, 4) is 11.5 Å². The van der Waals surface area contributed by atoms with Crippen LogP contribution in [-0.2, 0) is 4.79 Å². The first-order valence-corrected chi connectivity index (χ1v) is 7.77. The lowest BCUT2D eigenvalue weighted by molar-refractivity contribution is -0.153. The van der Waals surface area contributed by atoms with E-state index in [9.17, 15) is 18.0 Å². The molecular weight excluding hydrogens is 325 g/mol. The summed E-state index contributed by atoms with van der Waals surface area (Å²) in [6.07, 6.45) is -2.77. The number of hydrogen-bond acceptors (Lipinski definition) is 4. The molecule has 0 spiro atoms. The normalized spacial score (nSPS) is 21.2. The smallest absolute Gasteiger partial charge is 0.422 e. The molecule has 1 fully saturated rings. The highest BCUT2D eigenvalue weighted by Crippen LogP contribution is 2.28. The zero-order chi connectivity index (χ0) is 17.6. The molecule has 0 bridgehead atoms. The predicted molar refractivity (Wildman–Crippen MR) is 82.1 cm³/mol. The van der Waals surface area contributed by atoms with Crippen LogP contribution in [0.3, 0.4) is 0 Å². The number of piperidine rings is 1. The van der Waals surface area contributed by atoms with Crippen LogP contribution in [0.1, 0.15) is 19.8 Å². The van der Waals surface area contributed by atoms with Crippen molar-refractivity contribution in [2.45, 2.75) is 38.0 Å². The van der Waals surface area contributed by atoms with Gasteiger partial charge < -0.3 is 20.1 Å². The number of carbonyl (C=O) groups excluding carboxylic acids is 1. The van der Waals surface area contributed by atoms with E-state index in [2.05, 4.69) is 10.6 Å². The van der Waals surface area contributed by atoms with E-state index >= 15 is 0 Å². The first-order valence-electron chi connectivity index (χ1n) is 7.77. The summed E-state index contributed by atoms with van der Waals surface area (Å²) in [4.78, 5) is 11.9. The molecule has 2 rings (SSSR count). The highest BCUT2D eigenvalue weighted by molar-refractivity contribution is 5.78. The van der Waals surface area contributed by atoms with Crippen molar-refractivity contribution in [3.63, 3.8) is 0 Å². The molecule has 0 aromatic heterocycles. The molecule has 1 aliphatic rings. The Labute approximate surface area is 138 Å². The quantitative estimate of drug-likeness (QED) is 0.830. The molecule has 1 amide bonds. The SMILES string of the molecule is CC1CC(NC(=O)COc2ccccc2OCC(F)(F)F)CCN1. The fourth-order valence-corrected chi connectivity index (χ4v) is 2.52. The van der Waals surface area contributed by atoms with Crippen molar-refractivity contribution >= 4 is 5.91 Å². The Hall–Kier alpha value is -1.96. The average molecular weight is 346 g/mol. The van der Waals surface area contributed by atoms with Gasteiger partial charge in [-0.05, 0) is 38.4 Å². The molecule has 8 heteroatoms. The predicted octanol–water partition coefficient (Wildman–Crippen LogP) is 2.26. The Morgan fingerprint density at radius 2 is 1.96 bits per heavy atom. The van der Waals surface area contributed by atoms with Gasteiger partial charge in [0.25, 0.3) is 5.91 Å². The molecule has 1 aromatic rings. The van der Waals surface area contributed by atoms with Gasteiger partial charge in [-0.2, -0.15) is 13.2 Å². The summed E-state index contributed by atoms with van der Waals surface area (Å²) in [5, 5.41) is 6.16. The average Bonchev–Trinajstić information content (AvgIpc) is 2.51. The fourth-order valence-electron chi connectivity index (χ4n) is 2.52. The molecule has 1 aliphatic heterocycles. The van der Waals surface area contributed by atoms with Gasteiger partial charge in [0.2, 0.25) is 0 Å². The van der Waals surface area contributed by atoms with E-state index in [1.165, 1.54) is 18.2 Å². The molecular formula is C16H21F3N2O3. The van der Waals surface area contributed by atoms with Crippen LogP contribution in [0.5, 0.6) is 11.5 Å². The summed E-state index contributed by atoms with van der Waals surface area (Å²) in [6, 6.07) is 6.38. The molecule has 0 aliphatic carbocycles. The molecule has 24 heavy (non-hydrogen) atoms. The molecule has 134 valence electrons. The van der Waals surface area contributed by atoms with Crippen LogP contribution in [0.4, 0.5) is 13.2 Å². The van der Waals surface area contributed by atoms with Gasteiger partial charge in [0.15, 0.2) is 24.7 Å². The van der Waals surface area contributed by atoms with Crippen molar-refractivity contribution in [2.75, 3.05) is 19.8 Å². The van der Waals surface area contributed by atoms with Gasteiger partial charge in [-0.15, -0.1) is 0 Å². The Balaban J connectivity index is 1.83. The van der Waals surface area contributed by atoms with E-state index in [1.54, 1.807) is 6.07 Å². The van der Waals surface area contributed by atoms with Crippen molar-refractivity contribution in [1.82, 2.24) is 10.6 Å². The summed E-state index contributed by atoms with van der Waals surface area (Å²) in [6.45, 7) is 1.20. The van der Waals surface area contributed by atoms with Crippen molar-refractivity contribution in [1.29, 1.82) is 0 Å². The zero-order valence-electron chi connectivity index (χ0n) is 13.4. The molecule has 2 N–H and O–H groups in total. The van der Waals surface area contributed by atoms with Crippen LogP contribution >= 0.6 is 0 Å². The third-order valence-corrected chi connectivity index (χ3v) is 3.59. The summed E-state index contributed by atoms with van der Waals surface area (Å²) in [5.74, 6) is -0.242. The Morgan fingerprint density at radius 3 is 2.58 bits per heavy atom. The van der Waals surface area contributed by atoms with E-state index in [1.807, 2.05) is 6.92 Å². The lowest BCUT2D eigenvalue weighted by Crippen LogP contribution is -2.47. The first kappa shape index (κ1) is 18.4. The minimum Gasteiger partial charge on any atom is -0.480 e. The third-order valence-electron chi connectivity index (χ3n) is 3.59. The molecule has 1 heterocycles. The van der Waals surface area contributed by atoms with E-state index in [4.69, 9.17) is 9.47 Å². The molecule has 0 radical (unpaired) electrons. The number of hydrogen-bond donors (Lipinski definition) is 2. The lowest BCUT2D eigenvalue weighted by atomic mass is 10.0. The van der Waals surface area contributed by atoms with E-state index in [-0.39, 0.29) is 30.1 Å². The number of nitrogens with one attached hydrogen (secondary N) is 2. The van der Waals surface area contributed by atoms with Gasteiger partial charge in [0, 0.05) is 12.1 Å². The summed E-state index contributed by atoms with van der Waals surface area (Å²) in [5.41, 5.74) is 0. The molecule has 1 saturated heterocycles. The fraction of sp³-hybridized carbons (Fsp3) is 0.562. The number of benzene rings is 1. The number of rotatable bonds is 6. The van der Waals surface area contributed by atoms with Crippen molar-refractivity contribution in [2.24, 2.45) is 0 Å². The number of alkyl halides is 3. The monoisotopic (exact) mass is 346 g/mol. The molecule has 2 atom stereocenters. The number of amides is 1. The minimum atomic E-state index is -4.43. The highest BCUT2D eigenvalue weighted by atomic mass is 19.4. The molecule has 1 aromatic carbocycles. The second kappa shape index (κ2) is 8.23. The minimum absolute atomic E-state index is 0.0434. The second-order valence-electron chi connectivity index (χ2n) is 5.78. The lowest BCUT2D eigenvalue weighted by Gasteiger charge is -2.28. The van der Waals surface area contributed by atoms with Gasteiger partial charge in [-0.25, -0.2) is 0 Å². The van der Waals surface area contributed by atoms with Gasteiger partial charge in [0.1, 0.15) is 0 Å². The first-order chi connectivity index (χ1) is 11.3. The zero-order valence-corrected chi connectivity index (χ0v) is 13.4. The number of carbonyl (C=O) groups is 1. The van der Waals surface area contributed by atoms with Crippen molar-refractivity contribution in [3.05, 3.63) is 24.3 Å². The van der Waals surface area contributed by atoms with Crippen LogP contribution in [0.25, 0.3) is 0 Å². The standard InChI is InChI=1S/C16H21F3N2O3/c1-11-8-12(6-7-20-11)21-15(22)9-23-13-4-2-3-5-14(13)24-10-16(17,18)19/h2-5,11-12,20H,6-10H2,1H3,(H,21,22). The molecule has 5 nitrogen and oxygen atoms in total. The van der Waals surface area contributed by atoms with Crippen LogP contribution in [-0.4, -0.2) is 43.9 Å². The number of para-hydroxylation sites is 2. The maximum absolute atomic E-state index is 12.2. The maximum atomic E-state index is 12.2. The summed E-state index contributed by atoms with van der Waals surface area (Å²) < 4.78 is 46.8. The topological polar surface area (TPSA) is 59.6 Å². The Bertz CT molecular complexity index is 552. The highest BCUT2D eigenvalue weighted by Gasteiger charge is 2.29. The van der Waals surface area contributed by atoms with Gasteiger partial charge in [-0.1, -0.05) is 12.1 Å². The largest absolute Gasteiger partial charge is 0.480 e. The Kier molecular flexibility index (Phi) is 6.30. The number of ether oxygens (including phenoxy) is 2. The van der Waals surface area contributed by atoms with Gasteiger partial charge in [0.05, 0.1) is 0 Å². The van der Waals surface area contributed by atoms with Crippen LogP contribution < -0.4 is 20.1 Å². The number of halogens is 3. The maximum Gasteiger partial charge on any atom is 0.422 e. The van der Waals surface area contributed by atoms with Gasteiger partial charge >= 0.3 is 6.18 Å². The second-order valence-corrected chi connectivity index (χ2v) is 5.78. The Morgan fingerprint density at radius 1 is 1.29 bits per heavy atom. The van der Waals surface area contributed by atoms with Gasteiger partial charge in [-0.3, -0.25) is 4.79 Å². The van der Waals surface area contributed by atoms with Crippen LogP contribution in [0.15, 0.2) is 24.3 Å². The molecule has 2 unspecified atom stereocenters.